The zero-order chi connectivity index (χ0) is 14.0. The molecule has 6 heteroatoms. The van der Waals surface area contributed by atoms with E-state index < -0.39 is 0 Å². The summed E-state index contributed by atoms with van der Waals surface area (Å²) in [4.78, 5) is 12.7. The molecule has 0 spiro atoms. The van der Waals surface area contributed by atoms with E-state index in [0.29, 0.717) is 11.8 Å². The molecule has 0 atom stereocenters. The molecule has 0 aromatic heterocycles. The third-order valence-electron chi connectivity index (χ3n) is 3.17. The van der Waals surface area contributed by atoms with Crippen LogP contribution in [0, 0.1) is 10.1 Å². The van der Waals surface area contributed by atoms with Gasteiger partial charge in [0, 0.05) is 38.0 Å². The Labute approximate surface area is 112 Å². The number of ether oxygens (including phenoxy) is 1. The van der Waals surface area contributed by atoms with Gasteiger partial charge in [0.1, 0.15) is 5.75 Å². The van der Waals surface area contributed by atoms with Gasteiger partial charge in [-0.25, -0.2) is 0 Å². The summed E-state index contributed by atoms with van der Waals surface area (Å²) in [6, 6.07) is 5.29. The van der Waals surface area contributed by atoms with Crippen LogP contribution in [-0.4, -0.2) is 37.2 Å². The van der Waals surface area contributed by atoms with Crippen LogP contribution in [0.25, 0.3) is 0 Å². The summed E-state index contributed by atoms with van der Waals surface area (Å²) >= 11 is 0. The van der Waals surface area contributed by atoms with Gasteiger partial charge in [-0.2, -0.15) is 0 Å². The number of hydrogen-bond donors (Lipinski definition) is 1. The SMILES string of the molecule is CC(C)Oc1cc(N(C)C2CNC2)cc([N+](=O)[O-])c1. The van der Waals surface area contributed by atoms with Gasteiger partial charge in [-0.3, -0.25) is 10.1 Å². The fourth-order valence-corrected chi connectivity index (χ4v) is 1.98. The van der Waals surface area contributed by atoms with Gasteiger partial charge in [0.25, 0.3) is 5.69 Å². The van der Waals surface area contributed by atoms with Crippen LogP contribution in [-0.2, 0) is 0 Å². The van der Waals surface area contributed by atoms with Crippen LogP contribution >= 0.6 is 0 Å². The van der Waals surface area contributed by atoms with E-state index in [1.165, 1.54) is 6.07 Å². The first kappa shape index (κ1) is 13.6. The molecule has 1 aliphatic rings. The van der Waals surface area contributed by atoms with E-state index >= 15 is 0 Å². The van der Waals surface area contributed by atoms with E-state index in [1.54, 1.807) is 6.07 Å². The summed E-state index contributed by atoms with van der Waals surface area (Å²) < 4.78 is 5.58. The number of hydrogen-bond acceptors (Lipinski definition) is 5. The molecule has 19 heavy (non-hydrogen) atoms. The van der Waals surface area contributed by atoms with Crippen molar-refractivity contribution >= 4 is 11.4 Å². The minimum Gasteiger partial charge on any atom is -0.491 e. The van der Waals surface area contributed by atoms with E-state index in [1.807, 2.05) is 27.0 Å². The largest absolute Gasteiger partial charge is 0.491 e. The predicted molar refractivity (Wildman–Crippen MR) is 73.9 cm³/mol. The summed E-state index contributed by atoms with van der Waals surface area (Å²) in [5.74, 6) is 0.540. The normalized spacial score (nSPS) is 15.2. The van der Waals surface area contributed by atoms with Gasteiger partial charge >= 0.3 is 0 Å². The third kappa shape index (κ3) is 3.14. The van der Waals surface area contributed by atoms with Crippen molar-refractivity contribution in [3.8, 4) is 5.75 Å². The highest BCUT2D eigenvalue weighted by molar-refractivity contribution is 5.58. The third-order valence-corrected chi connectivity index (χ3v) is 3.17. The van der Waals surface area contributed by atoms with Crippen molar-refractivity contribution in [3.63, 3.8) is 0 Å². The van der Waals surface area contributed by atoms with Crippen molar-refractivity contribution in [3.05, 3.63) is 28.3 Å². The van der Waals surface area contributed by atoms with Gasteiger partial charge in [-0.05, 0) is 13.8 Å². The van der Waals surface area contributed by atoms with Crippen LogP contribution in [0.5, 0.6) is 5.75 Å². The van der Waals surface area contributed by atoms with Crippen LogP contribution < -0.4 is 15.0 Å². The summed E-state index contributed by atoms with van der Waals surface area (Å²) in [5.41, 5.74) is 0.878. The lowest BCUT2D eigenvalue weighted by molar-refractivity contribution is -0.384. The number of anilines is 1. The Morgan fingerprint density at radius 3 is 2.58 bits per heavy atom. The summed E-state index contributed by atoms with van der Waals surface area (Å²) in [6.45, 7) is 5.61. The highest BCUT2D eigenvalue weighted by Gasteiger charge is 2.23. The maximum absolute atomic E-state index is 11.0. The Balaban J connectivity index is 2.30. The fourth-order valence-electron chi connectivity index (χ4n) is 1.98. The molecule has 1 heterocycles. The smallest absolute Gasteiger partial charge is 0.275 e. The molecule has 1 saturated heterocycles. The lowest BCUT2D eigenvalue weighted by Crippen LogP contribution is -2.56. The van der Waals surface area contributed by atoms with Crippen molar-refractivity contribution in [1.82, 2.24) is 5.32 Å². The highest BCUT2D eigenvalue weighted by Crippen LogP contribution is 2.29. The lowest BCUT2D eigenvalue weighted by atomic mass is 10.1. The number of likely N-dealkylation sites (N-methyl/N-ethyl adjacent to an activating group) is 1. The molecule has 1 aromatic rings. The quantitative estimate of drug-likeness (QED) is 0.649. The number of nitrogens with zero attached hydrogens (tertiary/aromatic N) is 2. The molecule has 0 saturated carbocycles. The molecule has 1 fully saturated rings. The van der Waals surface area contributed by atoms with Gasteiger partial charge in [0.15, 0.2) is 0 Å². The average molecular weight is 265 g/mol. The van der Waals surface area contributed by atoms with Crippen LogP contribution in [0.1, 0.15) is 13.8 Å². The molecule has 104 valence electrons. The van der Waals surface area contributed by atoms with Gasteiger partial charge in [0.05, 0.1) is 23.1 Å². The molecule has 1 aliphatic heterocycles. The number of rotatable bonds is 5. The predicted octanol–water partition coefficient (Wildman–Crippen LogP) is 1.79. The molecule has 0 aliphatic carbocycles. The van der Waals surface area contributed by atoms with Gasteiger partial charge in [-0.15, -0.1) is 0 Å². The van der Waals surface area contributed by atoms with Crippen molar-refractivity contribution in [2.24, 2.45) is 0 Å². The molecule has 0 bridgehead atoms. The maximum atomic E-state index is 11.0. The van der Waals surface area contributed by atoms with Crippen LogP contribution in [0.3, 0.4) is 0 Å². The number of nitro benzene ring substituents is 1. The van der Waals surface area contributed by atoms with Crippen molar-refractivity contribution in [2.75, 3.05) is 25.0 Å². The second kappa shape index (κ2) is 5.44. The first-order valence-corrected chi connectivity index (χ1v) is 6.37. The zero-order valence-electron chi connectivity index (χ0n) is 11.4. The monoisotopic (exact) mass is 265 g/mol. The van der Waals surface area contributed by atoms with Gasteiger partial charge in [-0.1, -0.05) is 0 Å². The van der Waals surface area contributed by atoms with E-state index in [-0.39, 0.29) is 16.7 Å². The van der Waals surface area contributed by atoms with Crippen LogP contribution in [0.15, 0.2) is 18.2 Å². The number of benzene rings is 1. The zero-order valence-corrected chi connectivity index (χ0v) is 11.4. The molecular weight excluding hydrogens is 246 g/mol. The van der Waals surface area contributed by atoms with Gasteiger partial charge < -0.3 is 15.0 Å². The topological polar surface area (TPSA) is 67.6 Å². The summed E-state index contributed by atoms with van der Waals surface area (Å²) in [5, 5.41) is 14.2. The van der Waals surface area contributed by atoms with Crippen molar-refractivity contribution in [1.29, 1.82) is 0 Å². The molecule has 0 amide bonds. The fraction of sp³-hybridized carbons (Fsp3) is 0.538. The van der Waals surface area contributed by atoms with E-state index in [4.69, 9.17) is 4.74 Å². The number of nitrogens with one attached hydrogen (secondary N) is 1. The maximum Gasteiger partial charge on any atom is 0.275 e. The second-order valence-electron chi connectivity index (χ2n) is 5.03. The molecule has 0 radical (unpaired) electrons. The number of non-ortho nitro benzene ring substituents is 1. The standard InChI is InChI=1S/C13H19N3O3/c1-9(2)19-13-5-10(4-11(6-13)16(17)18)15(3)12-7-14-8-12/h4-6,9,12,14H,7-8H2,1-3H3. The van der Waals surface area contributed by atoms with Crippen LogP contribution in [0.4, 0.5) is 11.4 Å². The molecular formula is C13H19N3O3. The molecule has 1 aromatic carbocycles. The molecule has 6 nitrogen and oxygen atoms in total. The summed E-state index contributed by atoms with van der Waals surface area (Å²) in [6.07, 6.45) is -0.00877. The Morgan fingerprint density at radius 2 is 2.11 bits per heavy atom. The van der Waals surface area contributed by atoms with Crippen LogP contribution in [0.2, 0.25) is 0 Å². The lowest BCUT2D eigenvalue weighted by Gasteiger charge is -2.37. The Kier molecular flexibility index (Phi) is 3.90. The minimum atomic E-state index is -0.385. The highest BCUT2D eigenvalue weighted by atomic mass is 16.6. The first-order chi connectivity index (χ1) is 8.97. The van der Waals surface area contributed by atoms with E-state index in [2.05, 4.69) is 10.2 Å². The molecule has 2 rings (SSSR count). The Morgan fingerprint density at radius 1 is 1.42 bits per heavy atom. The van der Waals surface area contributed by atoms with E-state index in [0.717, 1.165) is 18.8 Å². The Hall–Kier alpha value is -1.82. The van der Waals surface area contributed by atoms with Crippen molar-refractivity contribution < 1.29 is 9.66 Å². The van der Waals surface area contributed by atoms with E-state index in [9.17, 15) is 10.1 Å². The minimum absolute atomic E-state index is 0.00877. The van der Waals surface area contributed by atoms with Gasteiger partial charge in [0.2, 0.25) is 0 Å². The molecule has 1 N–H and O–H groups in total. The average Bonchev–Trinajstić information content (AvgIpc) is 2.25. The van der Waals surface area contributed by atoms with Crippen molar-refractivity contribution in [2.45, 2.75) is 26.0 Å². The first-order valence-electron chi connectivity index (χ1n) is 6.37. The second-order valence-corrected chi connectivity index (χ2v) is 5.03. The molecule has 0 unspecified atom stereocenters. The Bertz CT molecular complexity index is 472. The summed E-state index contributed by atoms with van der Waals surface area (Å²) in [7, 11) is 1.95. The number of nitro groups is 1.